The number of aromatic nitrogens is 1. The molecule has 3 rings (SSSR count). The summed E-state index contributed by atoms with van der Waals surface area (Å²) in [7, 11) is 1.72. The van der Waals surface area contributed by atoms with Crippen LogP contribution in [0.3, 0.4) is 0 Å². The highest BCUT2D eigenvalue weighted by Gasteiger charge is 2.16. The first-order valence-electron chi connectivity index (χ1n) is 11.7. The van der Waals surface area contributed by atoms with E-state index in [1.54, 1.807) is 7.11 Å². The zero-order valence-corrected chi connectivity index (χ0v) is 20.0. The highest BCUT2D eigenvalue weighted by Crippen LogP contribution is 2.19. The van der Waals surface area contributed by atoms with E-state index in [0.29, 0.717) is 6.54 Å². The summed E-state index contributed by atoms with van der Waals surface area (Å²) in [4.78, 5) is 14.3. The minimum absolute atomic E-state index is 0.602. The molecule has 1 aromatic carbocycles. The third-order valence-electron chi connectivity index (χ3n) is 5.90. The molecule has 1 aliphatic rings. The summed E-state index contributed by atoms with van der Waals surface area (Å²) in [5, 5.41) is 6.75. The van der Waals surface area contributed by atoms with Crippen LogP contribution < -0.4 is 20.3 Å². The fourth-order valence-corrected chi connectivity index (χ4v) is 3.85. The molecular formula is C25H38N6O. The molecular weight excluding hydrogens is 400 g/mol. The third-order valence-corrected chi connectivity index (χ3v) is 5.90. The van der Waals surface area contributed by atoms with Crippen LogP contribution in [0.25, 0.3) is 0 Å². The number of pyridine rings is 1. The van der Waals surface area contributed by atoms with Crippen molar-refractivity contribution >= 4 is 11.8 Å². The number of anilines is 1. The predicted molar refractivity (Wildman–Crippen MR) is 133 cm³/mol. The third kappa shape index (κ3) is 6.85. The quantitative estimate of drug-likeness (QED) is 0.464. The SMILES string of the molecule is CCNC(=NCc1ccc(N2CCN(CC)CC2)nc1)NCCc1ccc(C)c(OC)c1. The van der Waals surface area contributed by atoms with Gasteiger partial charge in [0.25, 0.3) is 0 Å². The minimum atomic E-state index is 0.602. The van der Waals surface area contributed by atoms with E-state index >= 15 is 0 Å². The molecule has 2 heterocycles. The van der Waals surface area contributed by atoms with Crippen molar-refractivity contribution in [1.29, 1.82) is 0 Å². The van der Waals surface area contributed by atoms with Crippen molar-refractivity contribution in [1.82, 2.24) is 20.5 Å². The normalized spacial score (nSPS) is 15.0. The van der Waals surface area contributed by atoms with Crippen LogP contribution in [0.1, 0.15) is 30.5 Å². The molecule has 0 aliphatic carbocycles. The number of aliphatic imine (C=N–C) groups is 1. The molecule has 7 nitrogen and oxygen atoms in total. The van der Waals surface area contributed by atoms with Gasteiger partial charge in [0, 0.05) is 45.5 Å². The van der Waals surface area contributed by atoms with E-state index < -0.39 is 0 Å². The molecule has 0 bridgehead atoms. The van der Waals surface area contributed by atoms with Gasteiger partial charge in [0.05, 0.1) is 13.7 Å². The van der Waals surface area contributed by atoms with Gasteiger partial charge in [0.1, 0.15) is 11.6 Å². The molecule has 0 unspecified atom stereocenters. The lowest BCUT2D eigenvalue weighted by molar-refractivity contribution is 0.270. The Morgan fingerprint density at radius 1 is 1.06 bits per heavy atom. The van der Waals surface area contributed by atoms with Crippen molar-refractivity contribution in [3.05, 3.63) is 53.2 Å². The average Bonchev–Trinajstić information content (AvgIpc) is 2.84. The Kier molecular flexibility index (Phi) is 9.16. The highest BCUT2D eigenvalue weighted by atomic mass is 16.5. The summed E-state index contributed by atoms with van der Waals surface area (Å²) in [5.74, 6) is 2.82. The van der Waals surface area contributed by atoms with Gasteiger partial charge < -0.3 is 25.2 Å². The number of guanidine groups is 1. The Balaban J connectivity index is 1.51. The number of hydrogen-bond donors (Lipinski definition) is 2. The molecule has 0 saturated carbocycles. The first-order chi connectivity index (χ1) is 15.6. The Labute approximate surface area is 192 Å². The fraction of sp³-hybridized carbons (Fsp3) is 0.520. The molecule has 1 aromatic heterocycles. The zero-order chi connectivity index (χ0) is 22.8. The number of hydrogen-bond acceptors (Lipinski definition) is 5. The molecule has 0 atom stereocenters. The number of likely N-dealkylation sites (N-methyl/N-ethyl adjacent to an activating group) is 1. The maximum absolute atomic E-state index is 5.43. The summed E-state index contributed by atoms with van der Waals surface area (Å²) in [6, 6.07) is 10.6. The van der Waals surface area contributed by atoms with E-state index in [1.807, 2.05) is 6.20 Å². The lowest BCUT2D eigenvalue weighted by Gasteiger charge is -2.34. The van der Waals surface area contributed by atoms with Crippen molar-refractivity contribution in [2.75, 3.05) is 57.8 Å². The molecule has 2 N–H and O–H groups in total. The average molecular weight is 439 g/mol. The molecule has 1 saturated heterocycles. The lowest BCUT2D eigenvalue weighted by Crippen LogP contribution is -2.46. The van der Waals surface area contributed by atoms with E-state index in [-0.39, 0.29) is 0 Å². The number of nitrogens with zero attached hydrogens (tertiary/aromatic N) is 4. The van der Waals surface area contributed by atoms with Crippen LogP contribution in [0.5, 0.6) is 5.75 Å². The number of nitrogens with one attached hydrogen (secondary N) is 2. The fourth-order valence-electron chi connectivity index (χ4n) is 3.85. The van der Waals surface area contributed by atoms with E-state index in [4.69, 9.17) is 9.73 Å². The monoisotopic (exact) mass is 438 g/mol. The van der Waals surface area contributed by atoms with Crippen LogP contribution >= 0.6 is 0 Å². The Morgan fingerprint density at radius 3 is 2.50 bits per heavy atom. The van der Waals surface area contributed by atoms with Crippen molar-refractivity contribution in [3.63, 3.8) is 0 Å². The van der Waals surface area contributed by atoms with Gasteiger partial charge in [-0.1, -0.05) is 25.1 Å². The van der Waals surface area contributed by atoms with E-state index in [9.17, 15) is 0 Å². The van der Waals surface area contributed by atoms with E-state index in [1.165, 1.54) is 5.56 Å². The van der Waals surface area contributed by atoms with E-state index in [0.717, 1.165) is 80.9 Å². The molecule has 0 spiro atoms. The first-order valence-corrected chi connectivity index (χ1v) is 11.7. The smallest absolute Gasteiger partial charge is 0.191 e. The van der Waals surface area contributed by atoms with E-state index in [2.05, 4.69) is 76.5 Å². The maximum Gasteiger partial charge on any atom is 0.191 e. The molecule has 1 fully saturated rings. The van der Waals surface area contributed by atoms with Crippen LogP contribution in [0.15, 0.2) is 41.5 Å². The van der Waals surface area contributed by atoms with Crippen molar-refractivity contribution in [2.24, 2.45) is 4.99 Å². The second kappa shape index (κ2) is 12.3. The molecule has 0 radical (unpaired) electrons. The molecule has 1 aliphatic heterocycles. The van der Waals surface area contributed by atoms with Gasteiger partial charge in [-0.25, -0.2) is 9.98 Å². The Morgan fingerprint density at radius 2 is 1.84 bits per heavy atom. The van der Waals surface area contributed by atoms with Crippen LogP contribution in [-0.2, 0) is 13.0 Å². The zero-order valence-electron chi connectivity index (χ0n) is 20.0. The van der Waals surface area contributed by atoms with Gasteiger partial charge in [-0.2, -0.15) is 0 Å². The standard InChI is InChI=1S/C25H38N6O/c1-5-26-25(27-12-11-21-8-7-20(3)23(17-21)32-4)29-19-22-9-10-24(28-18-22)31-15-13-30(6-2)14-16-31/h7-10,17-18H,5-6,11-16,19H2,1-4H3,(H2,26,27,29). The summed E-state index contributed by atoms with van der Waals surface area (Å²) in [6.07, 6.45) is 2.86. The molecule has 32 heavy (non-hydrogen) atoms. The highest BCUT2D eigenvalue weighted by molar-refractivity contribution is 5.79. The summed E-state index contributed by atoms with van der Waals surface area (Å²) in [6.45, 7) is 14.0. The second-order valence-corrected chi connectivity index (χ2v) is 8.12. The van der Waals surface area contributed by atoms with Gasteiger partial charge in [0.15, 0.2) is 5.96 Å². The van der Waals surface area contributed by atoms with Gasteiger partial charge in [-0.05, 0) is 55.6 Å². The Hall–Kier alpha value is -2.80. The number of benzene rings is 1. The van der Waals surface area contributed by atoms with Gasteiger partial charge in [-0.3, -0.25) is 0 Å². The predicted octanol–water partition coefficient (Wildman–Crippen LogP) is 2.84. The number of ether oxygens (including phenoxy) is 1. The molecule has 0 amide bonds. The van der Waals surface area contributed by atoms with Crippen molar-refractivity contribution in [2.45, 2.75) is 33.7 Å². The number of piperazine rings is 1. The molecule has 7 heteroatoms. The maximum atomic E-state index is 5.43. The topological polar surface area (TPSA) is 65.0 Å². The van der Waals surface area contributed by atoms with Crippen LogP contribution in [0.2, 0.25) is 0 Å². The second-order valence-electron chi connectivity index (χ2n) is 8.12. The number of aryl methyl sites for hydroxylation is 1. The number of rotatable bonds is 9. The minimum Gasteiger partial charge on any atom is -0.496 e. The number of methoxy groups -OCH3 is 1. The van der Waals surface area contributed by atoms with Crippen LogP contribution in [0, 0.1) is 6.92 Å². The lowest BCUT2D eigenvalue weighted by atomic mass is 10.1. The van der Waals surface area contributed by atoms with Gasteiger partial charge >= 0.3 is 0 Å². The van der Waals surface area contributed by atoms with Gasteiger partial charge in [0.2, 0.25) is 0 Å². The summed E-state index contributed by atoms with van der Waals surface area (Å²) < 4.78 is 5.43. The van der Waals surface area contributed by atoms with Gasteiger partial charge in [-0.15, -0.1) is 0 Å². The molecule has 174 valence electrons. The van der Waals surface area contributed by atoms with Crippen LogP contribution in [0.4, 0.5) is 5.82 Å². The molecule has 2 aromatic rings. The summed E-state index contributed by atoms with van der Waals surface area (Å²) >= 11 is 0. The first kappa shape index (κ1) is 23.9. The van der Waals surface area contributed by atoms with Crippen molar-refractivity contribution < 1.29 is 4.74 Å². The largest absolute Gasteiger partial charge is 0.496 e. The summed E-state index contributed by atoms with van der Waals surface area (Å²) in [5.41, 5.74) is 3.51. The van der Waals surface area contributed by atoms with Crippen molar-refractivity contribution in [3.8, 4) is 5.75 Å². The van der Waals surface area contributed by atoms with Crippen LogP contribution in [-0.4, -0.2) is 68.8 Å². The Bertz CT molecular complexity index is 859.